The average Bonchev–Trinajstić information content (AvgIpc) is 2.96. The van der Waals surface area contributed by atoms with Crippen LogP contribution in [0, 0.1) is 5.92 Å². The number of rotatable bonds is 4. The van der Waals surface area contributed by atoms with Gasteiger partial charge in [-0.05, 0) is 37.0 Å². The predicted molar refractivity (Wildman–Crippen MR) is 105 cm³/mol. The van der Waals surface area contributed by atoms with E-state index in [1.165, 1.54) is 16.9 Å². The fourth-order valence-corrected chi connectivity index (χ4v) is 4.04. The van der Waals surface area contributed by atoms with E-state index >= 15 is 0 Å². The molecule has 1 aromatic heterocycles. The van der Waals surface area contributed by atoms with Crippen molar-refractivity contribution in [3.05, 3.63) is 45.4 Å². The number of benzene rings is 1. The number of aromatic nitrogens is 1. The number of anilines is 1. The normalized spacial score (nSPS) is 20.2. The van der Waals surface area contributed by atoms with Gasteiger partial charge >= 0.3 is 0 Å². The summed E-state index contributed by atoms with van der Waals surface area (Å²) < 4.78 is 1.07. The van der Waals surface area contributed by atoms with Crippen molar-refractivity contribution in [2.45, 2.75) is 38.1 Å². The van der Waals surface area contributed by atoms with Crippen LogP contribution in [0.3, 0.4) is 0 Å². The first kappa shape index (κ1) is 19.4. The van der Waals surface area contributed by atoms with Crippen molar-refractivity contribution in [1.82, 2.24) is 4.98 Å². The molecule has 1 fully saturated rings. The molecule has 0 bridgehead atoms. The number of hydrogen-bond acceptors (Lipinski definition) is 4. The van der Waals surface area contributed by atoms with E-state index in [1.54, 1.807) is 0 Å². The van der Waals surface area contributed by atoms with Crippen molar-refractivity contribution in [1.29, 1.82) is 0 Å². The molecule has 1 amide bonds. The molecule has 4 nitrogen and oxygen atoms in total. The van der Waals surface area contributed by atoms with Crippen LogP contribution in [0.15, 0.2) is 34.9 Å². The van der Waals surface area contributed by atoms with Gasteiger partial charge in [-0.3, -0.25) is 4.79 Å². The topological polar surface area (TPSA) is 68.0 Å². The van der Waals surface area contributed by atoms with Crippen molar-refractivity contribution in [2.75, 3.05) is 5.32 Å². The number of carbonyl (C=O) groups is 1. The highest BCUT2D eigenvalue weighted by atomic mass is 79.9. The average molecular weight is 431 g/mol. The standard InChI is InChI=1S/C17H20BrN3OS.ClH/c18-13-6-4-11(5-7-13)8-15-10-20-17(23-15)21-16(22)12-2-1-3-14(19)9-12;/h4-7,10,12,14H,1-3,8-9,19H2,(H,20,21,22);1H. The molecule has 2 unspecified atom stereocenters. The summed E-state index contributed by atoms with van der Waals surface area (Å²) in [7, 11) is 0. The van der Waals surface area contributed by atoms with Gasteiger partial charge in [0.2, 0.25) is 5.91 Å². The van der Waals surface area contributed by atoms with Crippen LogP contribution < -0.4 is 11.1 Å². The number of amides is 1. The molecule has 1 aliphatic carbocycles. The first-order chi connectivity index (χ1) is 11.1. The van der Waals surface area contributed by atoms with Crippen LogP contribution in [-0.4, -0.2) is 16.9 Å². The maximum Gasteiger partial charge on any atom is 0.229 e. The summed E-state index contributed by atoms with van der Waals surface area (Å²) in [6, 6.07) is 8.40. The second kappa shape index (κ2) is 8.94. The van der Waals surface area contributed by atoms with Crippen LogP contribution in [0.25, 0.3) is 0 Å². The van der Waals surface area contributed by atoms with E-state index < -0.39 is 0 Å². The Kier molecular flexibility index (Phi) is 7.22. The molecule has 1 aromatic carbocycles. The maximum atomic E-state index is 12.3. The van der Waals surface area contributed by atoms with Gasteiger partial charge in [0, 0.05) is 33.9 Å². The Morgan fingerprint density at radius 2 is 2.08 bits per heavy atom. The SMILES string of the molecule is Cl.NC1CCCC(C(=O)Nc2ncc(Cc3ccc(Br)cc3)s2)C1. The molecule has 0 spiro atoms. The lowest BCUT2D eigenvalue weighted by Crippen LogP contribution is -2.34. The van der Waals surface area contributed by atoms with Gasteiger partial charge in [-0.1, -0.05) is 34.5 Å². The molecule has 2 atom stereocenters. The Morgan fingerprint density at radius 1 is 1.33 bits per heavy atom. The number of carbonyl (C=O) groups excluding carboxylic acids is 1. The molecule has 24 heavy (non-hydrogen) atoms. The minimum Gasteiger partial charge on any atom is -0.328 e. The summed E-state index contributed by atoms with van der Waals surface area (Å²) in [5.41, 5.74) is 7.19. The Hall–Kier alpha value is -0.950. The summed E-state index contributed by atoms with van der Waals surface area (Å²) in [6.45, 7) is 0. The Morgan fingerprint density at radius 3 is 2.79 bits per heavy atom. The van der Waals surface area contributed by atoms with Crippen LogP contribution in [0.5, 0.6) is 0 Å². The molecule has 1 saturated carbocycles. The van der Waals surface area contributed by atoms with E-state index in [0.717, 1.165) is 41.5 Å². The predicted octanol–water partition coefficient (Wildman–Crippen LogP) is 4.37. The molecule has 0 aliphatic heterocycles. The third-order valence-electron chi connectivity index (χ3n) is 4.16. The summed E-state index contributed by atoms with van der Waals surface area (Å²) in [5.74, 6) is 0.0854. The summed E-state index contributed by atoms with van der Waals surface area (Å²) in [4.78, 5) is 17.8. The lowest BCUT2D eigenvalue weighted by molar-refractivity contribution is -0.120. The zero-order valence-corrected chi connectivity index (χ0v) is 16.4. The van der Waals surface area contributed by atoms with Gasteiger partial charge in [0.05, 0.1) is 0 Å². The minimum absolute atomic E-state index is 0. The molecule has 2 aromatic rings. The van der Waals surface area contributed by atoms with Gasteiger partial charge in [-0.2, -0.15) is 0 Å². The van der Waals surface area contributed by atoms with E-state index in [2.05, 4.69) is 38.4 Å². The smallest absolute Gasteiger partial charge is 0.229 e. The fraction of sp³-hybridized carbons (Fsp3) is 0.412. The number of hydrogen-bond donors (Lipinski definition) is 2. The van der Waals surface area contributed by atoms with E-state index in [-0.39, 0.29) is 30.3 Å². The highest BCUT2D eigenvalue weighted by Gasteiger charge is 2.25. The first-order valence-corrected chi connectivity index (χ1v) is 9.46. The molecule has 3 N–H and O–H groups in total. The van der Waals surface area contributed by atoms with Crippen LogP contribution in [-0.2, 0) is 11.2 Å². The molecule has 0 saturated heterocycles. The maximum absolute atomic E-state index is 12.3. The summed E-state index contributed by atoms with van der Waals surface area (Å²) in [6.07, 6.45) is 6.44. The van der Waals surface area contributed by atoms with Gasteiger partial charge < -0.3 is 11.1 Å². The van der Waals surface area contributed by atoms with E-state index in [0.29, 0.717) is 5.13 Å². The zero-order valence-electron chi connectivity index (χ0n) is 13.2. The van der Waals surface area contributed by atoms with Gasteiger partial charge in [-0.25, -0.2) is 4.98 Å². The number of nitrogens with two attached hydrogens (primary N) is 1. The van der Waals surface area contributed by atoms with Crippen LogP contribution in [0.1, 0.15) is 36.1 Å². The fourth-order valence-electron chi connectivity index (χ4n) is 2.92. The molecule has 7 heteroatoms. The lowest BCUT2D eigenvalue weighted by Gasteiger charge is -2.25. The Balaban J connectivity index is 0.00000208. The summed E-state index contributed by atoms with van der Waals surface area (Å²) >= 11 is 4.98. The van der Waals surface area contributed by atoms with Crippen molar-refractivity contribution in [2.24, 2.45) is 11.7 Å². The van der Waals surface area contributed by atoms with E-state index in [1.807, 2.05) is 18.3 Å². The van der Waals surface area contributed by atoms with Gasteiger partial charge in [0.1, 0.15) is 0 Å². The zero-order chi connectivity index (χ0) is 16.2. The van der Waals surface area contributed by atoms with E-state index in [9.17, 15) is 4.79 Å². The molecular formula is C17H21BrClN3OS. The second-order valence-corrected chi connectivity index (χ2v) is 8.08. The third-order valence-corrected chi connectivity index (χ3v) is 5.60. The highest BCUT2D eigenvalue weighted by Crippen LogP contribution is 2.26. The van der Waals surface area contributed by atoms with E-state index in [4.69, 9.17) is 5.73 Å². The van der Waals surface area contributed by atoms with Crippen molar-refractivity contribution >= 4 is 50.7 Å². The number of thiazole rings is 1. The van der Waals surface area contributed by atoms with Crippen LogP contribution >= 0.6 is 39.7 Å². The second-order valence-electron chi connectivity index (χ2n) is 6.05. The molecular weight excluding hydrogens is 410 g/mol. The monoisotopic (exact) mass is 429 g/mol. The lowest BCUT2D eigenvalue weighted by atomic mass is 9.86. The minimum atomic E-state index is 0. The van der Waals surface area contributed by atoms with Crippen molar-refractivity contribution < 1.29 is 4.79 Å². The quantitative estimate of drug-likeness (QED) is 0.756. The highest BCUT2D eigenvalue weighted by molar-refractivity contribution is 9.10. The van der Waals surface area contributed by atoms with Gasteiger partial charge in [0.25, 0.3) is 0 Å². The van der Waals surface area contributed by atoms with Crippen molar-refractivity contribution in [3.63, 3.8) is 0 Å². The van der Waals surface area contributed by atoms with Gasteiger partial charge in [0.15, 0.2) is 5.13 Å². The van der Waals surface area contributed by atoms with Crippen molar-refractivity contribution in [3.8, 4) is 0 Å². The molecule has 1 heterocycles. The van der Waals surface area contributed by atoms with Gasteiger partial charge in [-0.15, -0.1) is 23.7 Å². The first-order valence-electron chi connectivity index (χ1n) is 7.86. The number of nitrogens with one attached hydrogen (secondary N) is 1. The summed E-state index contributed by atoms with van der Waals surface area (Å²) in [5, 5.41) is 3.63. The molecule has 130 valence electrons. The molecule has 0 radical (unpaired) electrons. The number of nitrogens with zero attached hydrogens (tertiary/aromatic N) is 1. The molecule has 1 aliphatic rings. The Labute approximate surface area is 160 Å². The Bertz CT molecular complexity index is 677. The number of halogens is 2. The van der Waals surface area contributed by atoms with Crippen LogP contribution in [0.2, 0.25) is 0 Å². The largest absolute Gasteiger partial charge is 0.328 e. The third kappa shape index (κ3) is 5.28. The van der Waals surface area contributed by atoms with Crippen LogP contribution in [0.4, 0.5) is 5.13 Å². The molecule has 3 rings (SSSR count).